The lowest BCUT2D eigenvalue weighted by molar-refractivity contribution is 0.399. The molecule has 5 heteroatoms. The zero-order chi connectivity index (χ0) is 14.8. The number of hydrogen-bond acceptors (Lipinski definition) is 3. The van der Waals surface area contributed by atoms with Gasteiger partial charge in [-0.15, -0.1) is 0 Å². The van der Waals surface area contributed by atoms with Crippen molar-refractivity contribution >= 4 is 15.7 Å². The van der Waals surface area contributed by atoms with Crippen LogP contribution >= 0.6 is 0 Å². The highest BCUT2D eigenvalue weighted by atomic mass is 32.2. The molecule has 1 saturated carbocycles. The highest BCUT2D eigenvalue weighted by Gasteiger charge is 2.26. The van der Waals surface area contributed by atoms with Gasteiger partial charge in [-0.1, -0.05) is 32.3 Å². The van der Waals surface area contributed by atoms with E-state index in [4.69, 9.17) is 5.73 Å². The second-order valence-electron chi connectivity index (χ2n) is 5.87. The van der Waals surface area contributed by atoms with Crippen LogP contribution in [0.4, 0.5) is 5.69 Å². The summed E-state index contributed by atoms with van der Waals surface area (Å²) in [6, 6.07) is 5.05. The lowest BCUT2D eigenvalue weighted by Crippen LogP contribution is -2.39. The molecule has 1 aromatic carbocycles. The van der Waals surface area contributed by atoms with Crippen LogP contribution in [0.2, 0.25) is 0 Å². The molecule has 0 bridgehead atoms. The summed E-state index contributed by atoms with van der Waals surface area (Å²) in [7, 11) is -3.49. The molecule has 2 unspecified atom stereocenters. The predicted octanol–water partition coefficient (Wildman–Crippen LogP) is 2.82. The van der Waals surface area contributed by atoms with Crippen molar-refractivity contribution in [3.05, 3.63) is 23.8 Å². The summed E-state index contributed by atoms with van der Waals surface area (Å²) in [5.41, 5.74) is 6.92. The van der Waals surface area contributed by atoms with Gasteiger partial charge in [-0.25, -0.2) is 13.1 Å². The Kier molecular flexibility index (Phi) is 4.70. The fourth-order valence-electron chi connectivity index (χ4n) is 2.84. The minimum atomic E-state index is -3.49. The Morgan fingerprint density at radius 3 is 2.65 bits per heavy atom. The topological polar surface area (TPSA) is 72.2 Å². The van der Waals surface area contributed by atoms with Gasteiger partial charge in [-0.2, -0.15) is 0 Å². The van der Waals surface area contributed by atoms with E-state index in [-0.39, 0.29) is 6.04 Å². The fraction of sp³-hybridized carbons (Fsp3) is 0.600. The van der Waals surface area contributed by atoms with Crippen molar-refractivity contribution in [3.63, 3.8) is 0 Å². The van der Waals surface area contributed by atoms with Crippen LogP contribution in [0.5, 0.6) is 0 Å². The van der Waals surface area contributed by atoms with E-state index in [0.717, 1.165) is 24.8 Å². The van der Waals surface area contributed by atoms with Gasteiger partial charge in [0.15, 0.2) is 0 Å². The molecule has 20 heavy (non-hydrogen) atoms. The molecule has 1 aromatic rings. The number of rotatable bonds is 3. The van der Waals surface area contributed by atoms with Crippen LogP contribution in [0.1, 0.15) is 44.6 Å². The molecule has 0 radical (unpaired) electrons. The molecule has 112 valence electrons. The largest absolute Gasteiger partial charge is 0.399 e. The first kappa shape index (κ1) is 15.3. The highest BCUT2D eigenvalue weighted by molar-refractivity contribution is 7.89. The van der Waals surface area contributed by atoms with Crippen LogP contribution in [-0.4, -0.2) is 14.5 Å². The van der Waals surface area contributed by atoms with Crippen molar-refractivity contribution in [3.8, 4) is 0 Å². The van der Waals surface area contributed by atoms with Crippen LogP contribution in [0.15, 0.2) is 23.1 Å². The maximum atomic E-state index is 12.6. The Morgan fingerprint density at radius 1 is 1.20 bits per heavy atom. The SMILES string of the molecule is Cc1ccc(N)cc1S(=O)(=O)NC1CCCCCC1C. The van der Waals surface area contributed by atoms with E-state index in [1.807, 2.05) is 0 Å². The molecule has 2 atom stereocenters. The van der Waals surface area contributed by atoms with Gasteiger partial charge >= 0.3 is 0 Å². The van der Waals surface area contributed by atoms with Crippen LogP contribution < -0.4 is 10.5 Å². The average molecular weight is 296 g/mol. The first-order chi connectivity index (χ1) is 9.40. The lowest BCUT2D eigenvalue weighted by atomic mass is 9.98. The minimum Gasteiger partial charge on any atom is -0.399 e. The number of aryl methyl sites for hydroxylation is 1. The number of nitrogen functional groups attached to an aromatic ring is 1. The van der Waals surface area contributed by atoms with Gasteiger partial charge in [0.1, 0.15) is 0 Å². The van der Waals surface area contributed by atoms with Crippen LogP contribution in [0.25, 0.3) is 0 Å². The van der Waals surface area contributed by atoms with Gasteiger partial charge in [0, 0.05) is 11.7 Å². The second kappa shape index (κ2) is 6.14. The van der Waals surface area contributed by atoms with Gasteiger partial charge in [-0.05, 0) is 43.4 Å². The zero-order valence-corrected chi connectivity index (χ0v) is 13.0. The standard InChI is InChI=1S/C15H24N2O2S/c1-11-6-4-3-5-7-14(11)17-20(18,19)15-10-13(16)9-8-12(15)2/h8-11,14,17H,3-7,16H2,1-2H3. The van der Waals surface area contributed by atoms with Gasteiger partial charge in [0.05, 0.1) is 4.90 Å². The van der Waals surface area contributed by atoms with Crippen molar-refractivity contribution in [2.75, 3.05) is 5.73 Å². The number of hydrogen-bond donors (Lipinski definition) is 2. The van der Waals surface area contributed by atoms with Crippen LogP contribution in [0.3, 0.4) is 0 Å². The van der Waals surface area contributed by atoms with E-state index >= 15 is 0 Å². The smallest absolute Gasteiger partial charge is 0.241 e. The molecule has 2 rings (SSSR count). The van der Waals surface area contributed by atoms with E-state index in [2.05, 4.69) is 11.6 Å². The van der Waals surface area contributed by atoms with E-state index in [1.54, 1.807) is 25.1 Å². The monoisotopic (exact) mass is 296 g/mol. The van der Waals surface area contributed by atoms with Gasteiger partial charge in [0.2, 0.25) is 10.0 Å². The van der Waals surface area contributed by atoms with E-state index < -0.39 is 10.0 Å². The molecule has 0 saturated heterocycles. The van der Waals surface area contributed by atoms with Gasteiger partial charge in [0.25, 0.3) is 0 Å². The first-order valence-corrected chi connectivity index (χ1v) is 8.77. The fourth-order valence-corrected chi connectivity index (χ4v) is 4.50. The maximum Gasteiger partial charge on any atom is 0.241 e. The first-order valence-electron chi connectivity index (χ1n) is 7.28. The van der Waals surface area contributed by atoms with Gasteiger partial charge in [-0.3, -0.25) is 0 Å². The molecular weight excluding hydrogens is 272 g/mol. The Morgan fingerprint density at radius 2 is 1.90 bits per heavy atom. The van der Waals surface area contributed by atoms with Crippen molar-refractivity contribution in [1.29, 1.82) is 0 Å². The molecule has 1 aliphatic carbocycles. The molecule has 0 aliphatic heterocycles. The van der Waals surface area contributed by atoms with Crippen molar-refractivity contribution < 1.29 is 8.42 Å². The minimum absolute atomic E-state index is 0.0309. The summed E-state index contributed by atoms with van der Waals surface area (Å²) in [4.78, 5) is 0.300. The Bertz CT molecular complexity index is 569. The predicted molar refractivity (Wildman–Crippen MR) is 81.9 cm³/mol. The second-order valence-corrected chi connectivity index (χ2v) is 7.55. The Labute approximate surface area is 121 Å². The quantitative estimate of drug-likeness (QED) is 0.665. The summed E-state index contributed by atoms with van der Waals surface area (Å²) >= 11 is 0. The molecular formula is C15H24N2O2S. The Balaban J connectivity index is 2.24. The lowest BCUT2D eigenvalue weighted by Gasteiger charge is -2.23. The number of nitrogens with one attached hydrogen (secondary N) is 1. The zero-order valence-electron chi connectivity index (χ0n) is 12.2. The molecule has 0 amide bonds. The van der Waals surface area contributed by atoms with Crippen molar-refractivity contribution in [1.82, 2.24) is 4.72 Å². The molecule has 0 spiro atoms. The number of anilines is 1. The average Bonchev–Trinajstić information content (AvgIpc) is 2.57. The third-order valence-electron chi connectivity index (χ3n) is 4.17. The van der Waals surface area contributed by atoms with Gasteiger partial charge < -0.3 is 5.73 Å². The van der Waals surface area contributed by atoms with E-state index in [0.29, 0.717) is 16.5 Å². The van der Waals surface area contributed by atoms with E-state index in [1.165, 1.54) is 12.8 Å². The Hall–Kier alpha value is -1.07. The molecule has 4 nitrogen and oxygen atoms in total. The number of benzene rings is 1. The highest BCUT2D eigenvalue weighted by Crippen LogP contribution is 2.25. The summed E-state index contributed by atoms with van der Waals surface area (Å²) < 4.78 is 28.0. The third-order valence-corrected chi connectivity index (χ3v) is 5.80. The molecule has 1 fully saturated rings. The summed E-state index contributed by atoms with van der Waals surface area (Å²) in [5, 5.41) is 0. The molecule has 1 aliphatic rings. The van der Waals surface area contributed by atoms with Crippen LogP contribution in [0, 0.1) is 12.8 Å². The van der Waals surface area contributed by atoms with Crippen molar-refractivity contribution in [2.24, 2.45) is 5.92 Å². The van der Waals surface area contributed by atoms with Crippen molar-refractivity contribution in [2.45, 2.75) is 56.9 Å². The maximum absolute atomic E-state index is 12.6. The third kappa shape index (κ3) is 3.52. The summed E-state index contributed by atoms with van der Waals surface area (Å²) in [5.74, 6) is 0.383. The number of sulfonamides is 1. The molecule has 3 N–H and O–H groups in total. The molecule has 0 aromatic heterocycles. The number of nitrogens with two attached hydrogens (primary N) is 1. The van der Waals surface area contributed by atoms with E-state index in [9.17, 15) is 8.42 Å². The summed E-state index contributed by atoms with van der Waals surface area (Å²) in [6.45, 7) is 3.93. The normalized spacial score (nSPS) is 24.3. The molecule has 0 heterocycles. The van der Waals surface area contributed by atoms with Crippen LogP contribution in [-0.2, 0) is 10.0 Å². The summed E-state index contributed by atoms with van der Waals surface area (Å²) in [6.07, 6.45) is 5.48.